The summed E-state index contributed by atoms with van der Waals surface area (Å²) in [6.45, 7) is 9.71. The lowest BCUT2D eigenvalue weighted by Gasteiger charge is -2.38. The van der Waals surface area contributed by atoms with Crippen LogP contribution in [0.1, 0.15) is 52.9 Å². The highest BCUT2D eigenvalue weighted by molar-refractivity contribution is 8.58. The number of unbranched alkanes of at least 4 members (excludes halogenated alkanes) is 1. The van der Waals surface area contributed by atoms with Crippen molar-refractivity contribution in [2.24, 2.45) is 5.73 Å². The molecule has 2 aromatic carbocycles. The Bertz CT molecular complexity index is 1090. The molecule has 216 valence electrons. The van der Waals surface area contributed by atoms with Gasteiger partial charge < -0.3 is 29.4 Å². The summed E-state index contributed by atoms with van der Waals surface area (Å²) in [5, 5.41) is -0.980. The van der Waals surface area contributed by atoms with Crippen LogP contribution in [0.4, 0.5) is 5.69 Å². The zero-order chi connectivity index (χ0) is 28.9. The molecule has 0 spiro atoms. The second-order valence-electron chi connectivity index (χ2n) is 9.49. The summed E-state index contributed by atoms with van der Waals surface area (Å²) in [7, 11) is 1.63. The molecule has 1 saturated heterocycles. The molecule has 0 aromatic heterocycles. The van der Waals surface area contributed by atoms with Gasteiger partial charge in [-0.15, -0.1) is 0 Å². The van der Waals surface area contributed by atoms with Crippen molar-refractivity contribution in [2.75, 3.05) is 45.0 Å². The maximum absolute atomic E-state index is 13.4. The Morgan fingerprint density at radius 1 is 1.03 bits per heavy atom. The monoisotopic (exact) mass is 578 g/mol. The Hall–Kier alpha value is -2.48. The number of amides is 2. The van der Waals surface area contributed by atoms with Gasteiger partial charge in [0.25, 0.3) is 0 Å². The van der Waals surface area contributed by atoms with Crippen LogP contribution < -0.4 is 20.1 Å². The summed E-state index contributed by atoms with van der Waals surface area (Å²) in [6.07, 6.45) is 0.996. The first-order chi connectivity index (χ1) is 18.6. The third-order valence-corrected chi connectivity index (χ3v) is 12.4. The van der Waals surface area contributed by atoms with E-state index in [0.29, 0.717) is 32.7 Å². The molecule has 0 bridgehead atoms. The van der Waals surface area contributed by atoms with E-state index in [4.69, 9.17) is 19.9 Å². The first-order valence-corrected chi connectivity index (χ1v) is 17.0. The fourth-order valence-electron chi connectivity index (χ4n) is 4.24. The normalized spacial score (nSPS) is 15.7. The van der Waals surface area contributed by atoms with E-state index < -0.39 is 17.4 Å². The SMILES string of the molecule is CCCCOc1ccc(SP(C)(=O)C2(C(N)=O)CCOCC2)cc1.CCCN(C(C)=O)c1ccc(OC)cc1. The molecule has 10 heteroatoms. The highest BCUT2D eigenvalue weighted by Crippen LogP contribution is 2.70. The van der Waals surface area contributed by atoms with Crippen molar-refractivity contribution in [3.05, 3.63) is 48.5 Å². The first-order valence-electron chi connectivity index (χ1n) is 13.4. The molecule has 2 amide bonds. The number of primary amides is 1. The van der Waals surface area contributed by atoms with E-state index in [-0.39, 0.29) is 5.91 Å². The molecule has 1 atom stereocenters. The Morgan fingerprint density at radius 2 is 1.62 bits per heavy atom. The molecule has 0 aliphatic carbocycles. The number of hydrogen-bond donors (Lipinski definition) is 1. The van der Waals surface area contributed by atoms with E-state index >= 15 is 0 Å². The molecule has 3 rings (SSSR count). The molecular weight excluding hydrogens is 535 g/mol. The van der Waals surface area contributed by atoms with Gasteiger partial charge in [0.15, 0.2) is 6.34 Å². The number of hydrogen-bond acceptors (Lipinski definition) is 7. The summed E-state index contributed by atoms with van der Waals surface area (Å²) >= 11 is 1.26. The topological polar surface area (TPSA) is 108 Å². The Balaban J connectivity index is 0.000000306. The molecular formula is C29H43N2O6PS. The van der Waals surface area contributed by atoms with Gasteiger partial charge >= 0.3 is 0 Å². The largest absolute Gasteiger partial charge is 0.497 e. The van der Waals surface area contributed by atoms with Gasteiger partial charge in [0.05, 0.1) is 13.7 Å². The summed E-state index contributed by atoms with van der Waals surface area (Å²) < 4.78 is 29.4. The average Bonchev–Trinajstić information content (AvgIpc) is 2.93. The standard InChI is InChI=1S/C17H26NO4PS.C12H17NO2/c1-3-4-11-22-14-5-7-15(8-6-14)24-23(2,20)17(16(18)19)9-12-21-13-10-17;1-4-9-13(10(2)14)11-5-7-12(15-3)8-6-11/h5-8H,3-4,9-13H2,1-2H3,(H2,18,19);5-8H,4,9H2,1-3H3. The molecule has 0 saturated carbocycles. The van der Waals surface area contributed by atoms with Crippen molar-refractivity contribution in [1.29, 1.82) is 0 Å². The highest BCUT2D eigenvalue weighted by atomic mass is 32.7. The summed E-state index contributed by atoms with van der Waals surface area (Å²) in [5.74, 6) is 1.19. The second kappa shape index (κ2) is 15.9. The number of ether oxygens (including phenoxy) is 3. The predicted molar refractivity (Wildman–Crippen MR) is 160 cm³/mol. The van der Waals surface area contributed by atoms with Gasteiger partial charge in [0.1, 0.15) is 16.7 Å². The van der Waals surface area contributed by atoms with Crippen LogP contribution in [0, 0.1) is 0 Å². The van der Waals surface area contributed by atoms with E-state index in [9.17, 15) is 14.2 Å². The minimum Gasteiger partial charge on any atom is -0.497 e. The van der Waals surface area contributed by atoms with Gasteiger partial charge in [-0.25, -0.2) is 0 Å². The minimum absolute atomic E-state index is 0.0713. The smallest absolute Gasteiger partial charge is 0.232 e. The lowest BCUT2D eigenvalue weighted by Crippen LogP contribution is -2.47. The first kappa shape index (κ1) is 32.7. The van der Waals surface area contributed by atoms with Crippen LogP contribution in [-0.4, -0.2) is 57.1 Å². The molecule has 2 aromatic rings. The van der Waals surface area contributed by atoms with Crippen molar-refractivity contribution in [1.82, 2.24) is 0 Å². The van der Waals surface area contributed by atoms with E-state index in [1.54, 1.807) is 25.6 Å². The Morgan fingerprint density at radius 3 is 2.10 bits per heavy atom. The minimum atomic E-state index is -2.90. The maximum atomic E-state index is 13.4. The lowest BCUT2D eigenvalue weighted by atomic mass is 9.98. The number of carbonyl (C=O) groups is 2. The van der Waals surface area contributed by atoms with Crippen molar-refractivity contribution < 1.29 is 28.4 Å². The summed E-state index contributed by atoms with van der Waals surface area (Å²) in [4.78, 5) is 26.1. The maximum Gasteiger partial charge on any atom is 0.232 e. The van der Waals surface area contributed by atoms with Gasteiger partial charge in [-0.3, -0.25) is 9.59 Å². The Labute approximate surface area is 237 Å². The van der Waals surface area contributed by atoms with Crippen LogP contribution in [0.15, 0.2) is 53.4 Å². The van der Waals surface area contributed by atoms with E-state index in [1.807, 2.05) is 48.5 Å². The number of methoxy groups -OCH3 is 1. The molecule has 2 N–H and O–H groups in total. The van der Waals surface area contributed by atoms with E-state index in [1.165, 1.54) is 11.4 Å². The van der Waals surface area contributed by atoms with Gasteiger partial charge in [-0.2, -0.15) is 0 Å². The molecule has 39 heavy (non-hydrogen) atoms. The van der Waals surface area contributed by atoms with Gasteiger partial charge in [0.2, 0.25) is 11.8 Å². The Kier molecular flexibility index (Phi) is 13.4. The molecule has 1 fully saturated rings. The van der Waals surface area contributed by atoms with Crippen LogP contribution in [0.3, 0.4) is 0 Å². The summed E-state index contributed by atoms with van der Waals surface area (Å²) in [5.41, 5.74) is 6.56. The van der Waals surface area contributed by atoms with Gasteiger partial charge in [-0.1, -0.05) is 31.7 Å². The number of nitrogens with two attached hydrogens (primary N) is 1. The van der Waals surface area contributed by atoms with Crippen LogP contribution in [-0.2, 0) is 18.9 Å². The number of rotatable bonds is 12. The van der Waals surface area contributed by atoms with Crippen LogP contribution in [0.2, 0.25) is 0 Å². The lowest BCUT2D eigenvalue weighted by molar-refractivity contribution is -0.123. The molecule has 1 aliphatic rings. The van der Waals surface area contributed by atoms with Gasteiger partial charge in [0, 0.05) is 37.3 Å². The third-order valence-electron chi connectivity index (χ3n) is 6.64. The zero-order valence-corrected chi connectivity index (χ0v) is 25.5. The number of anilines is 1. The van der Waals surface area contributed by atoms with Crippen molar-refractivity contribution >= 4 is 35.2 Å². The fourth-order valence-corrected chi connectivity index (χ4v) is 9.38. The highest BCUT2D eigenvalue weighted by Gasteiger charge is 2.51. The molecule has 1 heterocycles. The number of nitrogens with zero attached hydrogens (tertiary/aromatic N) is 1. The number of benzene rings is 2. The van der Waals surface area contributed by atoms with Crippen LogP contribution in [0.5, 0.6) is 11.5 Å². The molecule has 1 unspecified atom stereocenters. The van der Waals surface area contributed by atoms with Crippen LogP contribution >= 0.6 is 17.7 Å². The molecule has 0 radical (unpaired) electrons. The average molecular weight is 579 g/mol. The van der Waals surface area contributed by atoms with Crippen molar-refractivity contribution in [3.63, 3.8) is 0 Å². The second-order valence-corrected chi connectivity index (χ2v) is 15.3. The quantitative estimate of drug-likeness (QED) is 0.231. The predicted octanol–water partition coefficient (Wildman–Crippen LogP) is 6.36. The number of carbonyl (C=O) groups excluding carboxylic acids is 2. The molecule has 1 aliphatic heterocycles. The van der Waals surface area contributed by atoms with Gasteiger partial charge in [-0.05, 0) is 80.9 Å². The summed E-state index contributed by atoms with van der Waals surface area (Å²) in [6, 6.07) is 15.0. The van der Waals surface area contributed by atoms with E-state index in [0.717, 1.165) is 47.9 Å². The fraction of sp³-hybridized carbons (Fsp3) is 0.517. The van der Waals surface area contributed by atoms with Crippen molar-refractivity contribution in [3.8, 4) is 11.5 Å². The zero-order valence-electron chi connectivity index (χ0n) is 23.8. The van der Waals surface area contributed by atoms with E-state index in [2.05, 4.69) is 13.8 Å². The van der Waals surface area contributed by atoms with Crippen molar-refractivity contribution in [2.45, 2.75) is 62.9 Å². The van der Waals surface area contributed by atoms with Crippen LogP contribution in [0.25, 0.3) is 0 Å². The molecule has 8 nitrogen and oxygen atoms in total. The third kappa shape index (κ3) is 9.30.